The summed E-state index contributed by atoms with van der Waals surface area (Å²) in [6.07, 6.45) is 0. The number of rotatable bonds is 8. The lowest BCUT2D eigenvalue weighted by atomic mass is 9.91. The van der Waals surface area contributed by atoms with Gasteiger partial charge in [0.1, 0.15) is 24.6 Å². The molecule has 1 fully saturated rings. The molecule has 0 aliphatic carbocycles. The van der Waals surface area contributed by atoms with Crippen LogP contribution in [0.15, 0.2) is 48.5 Å². The van der Waals surface area contributed by atoms with Crippen LogP contribution in [0.3, 0.4) is 0 Å². The first-order valence-electron chi connectivity index (χ1n) is 8.31. The number of hydrogen-bond acceptors (Lipinski definition) is 5. The molecule has 0 radical (unpaired) electrons. The zero-order valence-corrected chi connectivity index (χ0v) is 16.2. The van der Waals surface area contributed by atoms with E-state index in [1.54, 1.807) is 0 Å². The van der Waals surface area contributed by atoms with Crippen LogP contribution in [0.25, 0.3) is 0 Å². The molecule has 6 heteroatoms. The minimum Gasteiger partial charge on any atom is -0.489 e. The molecule has 1 aliphatic rings. The van der Waals surface area contributed by atoms with Crippen LogP contribution >= 0.6 is 15.9 Å². The fourth-order valence-electron chi connectivity index (χ4n) is 2.62. The van der Waals surface area contributed by atoms with Gasteiger partial charge in [-0.2, -0.15) is 0 Å². The monoisotopic (exact) mass is 420 g/mol. The second-order valence-electron chi connectivity index (χ2n) is 6.12. The SMILES string of the molecule is COC(=O)COC1(c2ccc(OCc3ccc(CBr)cc3)cc2)COC1. The summed E-state index contributed by atoms with van der Waals surface area (Å²) >= 11 is 3.44. The van der Waals surface area contributed by atoms with Crippen LogP contribution in [-0.4, -0.2) is 32.9 Å². The number of ether oxygens (including phenoxy) is 4. The highest BCUT2D eigenvalue weighted by Gasteiger charge is 2.42. The van der Waals surface area contributed by atoms with Crippen molar-refractivity contribution in [3.05, 3.63) is 65.2 Å². The third-order valence-corrected chi connectivity index (χ3v) is 4.98. The van der Waals surface area contributed by atoms with Gasteiger partial charge in [0, 0.05) is 5.33 Å². The van der Waals surface area contributed by atoms with Crippen LogP contribution in [0.4, 0.5) is 0 Å². The van der Waals surface area contributed by atoms with Crippen LogP contribution in [-0.2, 0) is 36.5 Å². The molecule has 2 aromatic carbocycles. The summed E-state index contributed by atoms with van der Waals surface area (Å²) < 4.78 is 21.5. The van der Waals surface area contributed by atoms with E-state index in [1.165, 1.54) is 12.7 Å². The van der Waals surface area contributed by atoms with Gasteiger partial charge in [-0.15, -0.1) is 0 Å². The number of methoxy groups -OCH3 is 1. The molecule has 2 aromatic rings. The van der Waals surface area contributed by atoms with Gasteiger partial charge < -0.3 is 18.9 Å². The summed E-state index contributed by atoms with van der Waals surface area (Å²) in [6, 6.07) is 16.0. The van der Waals surface area contributed by atoms with Crippen molar-refractivity contribution in [3.63, 3.8) is 0 Å². The molecule has 1 saturated heterocycles. The topological polar surface area (TPSA) is 54.0 Å². The molecule has 0 saturated carbocycles. The predicted molar refractivity (Wildman–Crippen MR) is 100 cm³/mol. The van der Waals surface area contributed by atoms with Gasteiger partial charge in [-0.05, 0) is 28.8 Å². The van der Waals surface area contributed by atoms with Crippen molar-refractivity contribution < 1.29 is 23.7 Å². The van der Waals surface area contributed by atoms with Gasteiger partial charge in [0.15, 0.2) is 0 Å². The zero-order valence-electron chi connectivity index (χ0n) is 14.6. The number of carbonyl (C=O) groups excluding carboxylic acids is 1. The maximum atomic E-state index is 11.3. The third kappa shape index (κ3) is 4.44. The van der Waals surface area contributed by atoms with Crippen molar-refractivity contribution in [2.75, 3.05) is 26.9 Å². The Bertz CT molecular complexity index is 723. The van der Waals surface area contributed by atoms with E-state index in [-0.39, 0.29) is 6.61 Å². The molecule has 0 atom stereocenters. The average Bonchev–Trinajstić information content (AvgIpc) is 2.66. The summed E-state index contributed by atoms with van der Waals surface area (Å²) in [5.41, 5.74) is 2.72. The summed E-state index contributed by atoms with van der Waals surface area (Å²) in [4.78, 5) is 11.3. The Morgan fingerprint density at radius 2 is 1.73 bits per heavy atom. The van der Waals surface area contributed by atoms with Crippen LogP contribution in [0.1, 0.15) is 16.7 Å². The second-order valence-corrected chi connectivity index (χ2v) is 6.68. The first-order chi connectivity index (χ1) is 12.6. The molecule has 138 valence electrons. The lowest BCUT2D eigenvalue weighted by Gasteiger charge is -2.41. The Hall–Kier alpha value is -1.89. The van der Waals surface area contributed by atoms with Crippen molar-refractivity contribution in [2.24, 2.45) is 0 Å². The fraction of sp³-hybridized carbons (Fsp3) is 0.350. The van der Waals surface area contributed by atoms with Crippen molar-refractivity contribution in [1.82, 2.24) is 0 Å². The zero-order chi connectivity index (χ0) is 18.4. The van der Waals surface area contributed by atoms with Crippen molar-refractivity contribution in [3.8, 4) is 5.75 Å². The van der Waals surface area contributed by atoms with Crippen LogP contribution in [0.2, 0.25) is 0 Å². The van der Waals surface area contributed by atoms with E-state index in [2.05, 4.69) is 44.9 Å². The third-order valence-electron chi connectivity index (χ3n) is 4.33. The van der Waals surface area contributed by atoms with Crippen LogP contribution in [0.5, 0.6) is 5.75 Å². The van der Waals surface area contributed by atoms with Gasteiger partial charge in [0.25, 0.3) is 0 Å². The van der Waals surface area contributed by atoms with Gasteiger partial charge in [-0.1, -0.05) is 52.3 Å². The number of alkyl halides is 1. The summed E-state index contributed by atoms with van der Waals surface area (Å²) in [5.74, 6) is 0.379. The molecule has 3 rings (SSSR count). The molecule has 26 heavy (non-hydrogen) atoms. The van der Waals surface area contributed by atoms with E-state index in [0.717, 1.165) is 22.2 Å². The molecule has 5 nitrogen and oxygen atoms in total. The van der Waals surface area contributed by atoms with E-state index in [9.17, 15) is 4.79 Å². The number of hydrogen-bond donors (Lipinski definition) is 0. The smallest absolute Gasteiger partial charge is 0.331 e. The molecule has 0 aromatic heterocycles. The van der Waals surface area contributed by atoms with Gasteiger partial charge in [-0.3, -0.25) is 0 Å². The van der Waals surface area contributed by atoms with Gasteiger partial charge in [0.2, 0.25) is 0 Å². The van der Waals surface area contributed by atoms with Crippen LogP contribution < -0.4 is 4.74 Å². The predicted octanol–water partition coefficient (Wildman–Crippen LogP) is 3.58. The molecule has 0 spiro atoms. The summed E-state index contributed by atoms with van der Waals surface area (Å²) in [5, 5.41) is 0.846. The number of carbonyl (C=O) groups is 1. The average molecular weight is 421 g/mol. The molecule has 0 amide bonds. The standard InChI is InChI=1S/C20H21BrO5/c1-23-19(22)12-26-20(13-24-14-20)17-6-8-18(9-7-17)25-11-16-4-2-15(10-21)3-5-16/h2-9H,10-14H2,1H3. The molecule has 1 heterocycles. The minimum atomic E-state index is -0.585. The summed E-state index contributed by atoms with van der Waals surface area (Å²) in [6.45, 7) is 1.26. The molecular formula is C20H21BrO5. The van der Waals surface area contributed by atoms with E-state index < -0.39 is 11.6 Å². The fourth-order valence-corrected chi connectivity index (χ4v) is 3.00. The highest BCUT2D eigenvalue weighted by Crippen LogP contribution is 2.34. The quantitative estimate of drug-likeness (QED) is 0.482. The second kappa shape index (κ2) is 8.66. The number of halogens is 1. The normalized spacial score (nSPS) is 15.2. The Kier molecular flexibility index (Phi) is 6.29. The first-order valence-corrected chi connectivity index (χ1v) is 9.43. The van der Waals surface area contributed by atoms with Crippen molar-refractivity contribution >= 4 is 21.9 Å². The van der Waals surface area contributed by atoms with E-state index in [0.29, 0.717) is 19.8 Å². The maximum absolute atomic E-state index is 11.3. The lowest BCUT2D eigenvalue weighted by Crippen LogP contribution is -2.49. The molecule has 1 aliphatic heterocycles. The highest BCUT2D eigenvalue weighted by atomic mass is 79.9. The van der Waals surface area contributed by atoms with E-state index in [4.69, 9.17) is 14.2 Å². The van der Waals surface area contributed by atoms with Gasteiger partial charge in [0.05, 0.1) is 20.3 Å². The maximum Gasteiger partial charge on any atom is 0.331 e. The number of esters is 1. The largest absolute Gasteiger partial charge is 0.489 e. The van der Waals surface area contributed by atoms with E-state index >= 15 is 0 Å². The Balaban J connectivity index is 1.59. The van der Waals surface area contributed by atoms with Crippen molar-refractivity contribution in [2.45, 2.75) is 17.5 Å². The number of benzene rings is 2. The lowest BCUT2D eigenvalue weighted by molar-refractivity contribution is -0.220. The Morgan fingerprint density at radius 1 is 1.08 bits per heavy atom. The Labute approximate surface area is 161 Å². The van der Waals surface area contributed by atoms with E-state index in [1.807, 2.05) is 24.3 Å². The molecule has 0 bridgehead atoms. The highest BCUT2D eigenvalue weighted by molar-refractivity contribution is 9.08. The Morgan fingerprint density at radius 3 is 2.27 bits per heavy atom. The first kappa shape index (κ1) is 18.9. The van der Waals surface area contributed by atoms with Crippen LogP contribution in [0, 0.1) is 0 Å². The molecule has 0 N–H and O–H groups in total. The minimum absolute atomic E-state index is 0.0947. The van der Waals surface area contributed by atoms with Gasteiger partial charge >= 0.3 is 5.97 Å². The molecular weight excluding hydrogens is 400 g/mol. The summed E-state index contributed by atoms with van der Waals surface area (Å²) in [7, 11) is 1.34. The molecule has 0 unspecified atom stereocenters. The van der Waals surface area contributed by atoms with Crippen molar-refractivity contribution in [1.29, 1.82) is 0 Å². The van der Waals surface area contributed by atoms with Gasteiger partial charge in [-0.25, -0.2) is 4.79 Å².